The summed E-state index contributed by atoms with van der Waals surface area (Å²) in [6, 6.07) is 4.29. The minimum Gasteiger partial charge on any atom is -0.365 e. The van der Waals surface area contributed by atoms with Crippen LogP contribution in [0.4, 0.5) is 11.4 Å². The third kappa shape index (κ3) is 3.91. The molecule has 0 amide bonds. The highest BCUT2D eigenvalue weighted by Crippen LogP contribution is 2.36. The highest BCUT2D eigenvalue weighted by Gasteiger charge is 2.32. The molecule has 0 N–H and O–H groups in total. The Morgan fingerprint density at radius 1 is 1.13 bits per heavy atom. The van der Waals surface area contributed by atoms with Gasteiger partial charge in [0.15, 0.2) is 0 Å². The molecular formula is C19H26N6O4S. The Kier molecular flexibility index (Phi) is 5.74. The van der Waals surface area contributed by atoms with Crippen molar-refractivity contribution in [2.24, 2.45) is 7.05 Å². The standard InChI is InChI=1S/C19H26N6O4S/c1-22-14-20-21-19(22)15-6-5-9-23(13-15)17-8-7-16(12-18(17)25(26)27)30(28,29)24-10-3-2-4-11-24/h7-8,12,14-15H,2-6,9-11,13H2,1H3. The van der Waals surface area contributed by atoms with E-state index in [-0.39, 0.29) is 16.5 Å². The van der Waals surface area contributed by atoms with Crippen molar-refractivity contribution in [1.29, 1.82) is 0 Å². The van der Waals surface area contributed by atoms with E-state index in [4.69, 9.17) is 0 Å². The first-order valence-electron chi connectivity index (χ1n) is 10.3. The Hall–Kier alpha value is -2.53. The van der Waals surface area contributed by atoms with Crippen LogP contribution in [0.25, 0.3) is 0 Å². The number of nitrogens with zero attached hydrogens (tertiary/aromatic N) is 6. The number of anilines is 1. The first-order valence-corrected chi connectivity index (χ1v) is 11.7. The summed E-state index contributed by atoms with van der Waals surface area (Å²) in [7, 11) is -1.84. The second-order valence-corrected chi connectivity index (χ2v) is 9.90. The predicted molar refractivity (Wildman–Crippen MR) is 111 cm³/mol. The van der Waals surface area contributed by atoms with Crippen LogP contribution in [0.3, 0.4) is 0 Å². The van der Waals surface area contributed by atoms with Crippen LogP contribution >= 0.6 is 0 Å². The van der Waals surface area contributed by atoms with Gasteiger partial charge in [0.1, 0.15) is 17.8 Å². The summed E-state index contributed by atoms with van der Waals surface area (Å²) in [4.78, 5) is 13.3. The smallest absolute Gasteiger partial charge is 0.293 e. The topological polar surface area (TPSA) is 114 Å². The van der Waals surface area contributed by atoms with Gasteiger partial charge in [-0.2, -0.15) is 4.31 Å². The number of nitro benzene ring substituents is 1. The number of hydrogen-bond donors (Lipinski definition) is 0. The van der Waals surface area contributed by atoms with Gasteiger partial charge in [0, 0.05) is 45.2 Å². The molecule has 2 fully saturated rings. The largest absolute Gasteiger partial charge is 0.365 e. The zero-order valence-corrected chi connectivity index (χ0v) is 17.8. The number of rotatable bonds is 5. The molecule has 0 aliphatic carbocycles. The lowest BCUT2D eigenvalue weighted by molar-refractivity contribution is -0.384. The fourth-order valence-corrected chi connectivity index (χ4v) is 5.94. The second kappa shape index (κ2) is 8.31. The Bertz CT molecular complexity index is 1030. The Labute approximate surface area is 175 Å². The van der Waals surface area contributed by atoms with Gasteiger partial charge in [-0.3, -0.25) is 10.1 Å². The molecule has 162 valence electrons. The molecule has 1 atom stereocenters. The lowest BCUT2D eigenvalue weighted by atomic mass is 9.96. The number of aryl methyl sites for hydroxylation is 1. The number of benzene rings is 1. The summed E-state index contributed by atoms with van der Waals surface area (Å²) >= 11 is 0. The molecule has 1 aromatic heterocycles. The summed E-state index contributed by atoms with van der Waals surface area (Å²) in [6.07, 6.45) is 6.08. The van der Waals surface area contributed by atoms with E-state index in [1.807, 2.05) is 16.5 Å². The lowest BCUT2D eigenvalue weighted by Gasteiger charge is -2.33. The van der Waals surface area contributed by atoms with E-state index in [0.717, 1.165) is 37.9 Å². The number of piperidine rings is 2. The molecule has 4 rings (SSSR count). The molecule has 0 bridgehead atoms. The van der Waals surface area contributed by atoms with Crippen molar-refractivity contribution < 1.29 is 13.3 Å². The van der Waals surface area contributed by atoms with Gasteiger partial charge in [-0.1, -0.05) is 6.42 Å². The number of nitro groups is 1. The minimum absolute atomic E-state index is 0.0123. The Balaban J connectivity index is 1.64. The maximum absolute atomic E-state index is 13.0. The molecule has 1 aromatic carbocycles. The van der Waals surface area contributed by atoms with Crippen molar-refractivity contribution in [3.8, 4) is 0 Å². The van der Waals surface area contributed by atoms with Crippen LogP contribution in [0, 0.1) is 10.1 Å². The molecule has 11 heteroatoms. The number of sulfonamides is 1. The van der Waals surface area contributed by atoms with Crippen LogP contribution in [0.15, 0.2) is 29.4 Å². The molecule has 2 saturated heterocycles. The summed E-state index contributed by atoms with van der Waals surface area (Å²) < 4.78 is 29.2. The Morgan fingerprint density at radius 2 is 1.90 bits per heavy atom. The fraction of sp³-hybridized carbons (Fsp3) is 0.579. The zero-order valence-electron chi connectivity index (χ0n) is 17.0. The number of aromatic nitrogens is 3. The third-order valence-electron chi connectivity index (χ3n) is 5.97. The summed E-state index contributed by atoms with van der Waals surface area (Å²) in [6.45, 7) is 2.17. The van der Waals surface area contributed by atoms with Gasteiger partial charge in [0.2, 0.25) is 10.0 Å². The fourth-order valence-electron chi connectivity index (χ4n) is 4.40. The van der Waals surface area contributed by atoms with Crippen molar-refractivity contribution >= 4 is 21.4 Å². The molecular weight excluding hydrogens is 408 g/mol. The van der Waals surface area contributed by atoms with Gasteiger partial charge in [-0.25, -0.2) is 8.42 Å². The zero-order chi connectivity index (χ0) is 21.3. The normalized spacial score (nSPS) is 21.0. The summed E-state index contributed by atoms with van der Waals surface area (Å²) in [5.41, 5.74) is 0.274. The van der Waals surface area contributed by atoms with Crippen LogP contribution < -0.4 is 4.90 Å². The highest BCUT2D eigenvalue weighted by atomic mass is 32.2. The molecule has 30 heavy (non-hydrogen) atoms. The summed E-state index contributed by atoms with van der Waals surface area (Å²) in [5, 5.41) is 20.0. The Morgan fingerprint density at radius 3 is 2.57 bits per heavy atom. The molecule has 0 spiro atoms. The van der Waals surface area contributed by atoms with Crippen LogP contribution in [-0.4, -0.2) is 58.6 Å². The van der Waals surface area contributed by atoms with Crippen molar-refractivity contribution in [2.45, 2.75) is 42.9 Å². The molecule has 3 heterocycles. The minimum atomic E-state index is -3.73. The van der Waals surface area contributed by atoms with Gasteiger partial charge < -0.3 is 9.47 Å². The van der Waals surface area contributed by atoms with E-state index in [0.29, 0.717) is 31.9 Å². The van der Waals surface area contributed by atoms with Crippen LogP contribution in [0.2, 0.25) is 0 Å². The monoisotopic (exact) mass is 434 g/mol. The van der Waals surface area contributed by atoms with Gasteiger partial charge >= 0.3 is 0 Å². The average Bonchev–Trinajstić information content (AvgIpc) is 3.20. The maximum Gasteiger partial charge on any atom is 0.293 e. The highest BCUT2D eigenvalue weighted by molar-refractivity contribution is 7.89. The average molecular weight is 435 g/mol. The van der Waals surface area contributed by atoms with Gasteiger partial charge in [-0.05, 0) is 37.8 Å². The van der Waals surface area contributed by atoms with E-state index in [1.165, 1.54) is 16.4 Å². The van der Waals surface area contributed by atoms with Gasteiger partial charge in [0.05, 0.1) is 9.82 Å². The first kappa shape index (κ1) is 20.7. The van der Waals surface area contributed by atoms with Crippen molar-refractivity contribution in [2.75, 3.05) is 31.1 Å². The molecule has 10 nitrogen and oxygen atoms in total. The van der Waals surface area contributed by atoms with Crippen molar-refractivity contribution in [3.05, 3.63) is 40.5 Å². The number of hydrogen-bond acceptors (Lipinski definition) is 7. The molecule has 0 radical (unpaired) electrons. The van der Waals surface area contributed by atoms with Crippen molar-refractivity contribution in [3.63, 3.8) is 0 Å². The van der Waals surface area contributed by atoms with Crippen molar-refractivity contribution in [1.82, 2.24) is 19.1 Å². The maximum atomic E-state index is 13.0. The van der Waals surface area contributed by atoms with Crippen LogP contribution in [0.1, 0.15) is 43.8 Å². The van der Waals surface area contributed by atoms with Crippen LogP contribution in [0.5, 0.6) is 0 Å². The van der Waals surface area contributed by atoms with E-state index in [1.54, 1.807) is 12.4 Å². The van der Waals surface area contributed by atoms with E-state index in [9.17, 15) is 18.5 Å². The summed E-state index contributed by atoms with van der Waals surface area (Å²) in [5.74, 6) is 0.967. The molecule has 1 unspecified atom stereocenters. The lowest BCUT2D eigenvalue weighted by Crippen LogP contribution is -2.36. The van der Waals surface area contributed by atoms with E-state index >= 15 is 0 Å². The molecule has 2 aliphatic rings. The molecule has 0 saturated carbocycles. The quantitative estimate of drug-likeness (QED) is 0.524. The van der Waals surface area contributed by atoms with Gasteiger partial charge in [0.25, 0.3) is 5.69 Å². The van der Waals surface area contributed by atoms with E-state index in [2.05, 4.69) is 10.2 Å². The molecule has 2 aliphatic heterocycles. The van der Waals surface area contributed by atoms with Gasteiger partial charge in [-0.15, -0.1) is 10.2 Å². The third-order valence-corrected chi connectivity index (χ3v) is 7.86. The molecule has 2 aromatic rings. The van der Waals surface area contributed by atoms with Crippen LogP contribution in [-0.2, 0) is 17.1 Å². The first-order chi connectivity index (χ1) is 14.4. The SMILES string of the molecule is Cn1cnnc1C1CCCN(c2ccc(S(=O)(=O)N3CCCCC3)cc2[N+](=O)[O-])C1. The predicted octanol–water partition coefficient (Wildman–Crippen LogP) is 2.28. The van der Waals surface area contributed by atoms with E-state index < -0.39 is 14.9 Å². The second-order valence-electron chi connectivity index (χ2n) is 7.96.